The van der Waals surface area contributed by atoms with Gasteiger partial charge >= 0.3 is 0 Å². The lowest BCUT2D eigenvalue weighted by Crippen LogP contribution is -1.97. The fourth-order valence-electron chi connectivity index (χ4n) is 2.14. The van der Waals surface area contributed by atoms with Crippen LogP contribution in [0, 0.1) is 0 Å². The number of aromatic nitrogens is 4. The largest absolute Gasteiger partial charge is 0.359 e. The number of hydrogen-bond donors (Lipinski definition) is 1. The van der Waals surface area contributed by atoms with Crippen LogP contribution >= 0.6 is 0 Å². The van der Waals surface area contributed by atoms with Crippen LogP contribution in [0.4, 0.5) is 5.95 Å². The number of anilines is 1. The lowest BCUT2D eigenvalue weighted by molar-refractivity contribution is 0.946. The first-order valence-corrected chi connectivity index (χ1v) is 5.16. The Bertz CT molecular complexity index is 676. The summed E-state index contributed by atoms with van der Waals surface area (Å²) < 4.78 is 4.07. The predicted octanol–water partition coefficient (Wildman–Crippen LogP) is 1.50. The standard InChI is InChI=1S/C11H13N5/c1-12-11-14-8-6-13-10-7(4-5-15(10)2)9(8)16(11)3/h4-6H,1-3H3,(H,12,14). The van der Waals surface area contributed by atoms with Gasteiger partial charge in [-0.1, -0.05) is 0 Å². The molecule has 0 bridgehead atoms. The van der Waals surface area contributed by atoms with Crippen molar-refractivity contribution in [3.05, 3.63) is 18.5 Å². The summed E-state index contributed by atoms with van der Waals surface area (Å²) >= 11 is 0. The normalized spacial score (nSPS) is 11.4. The van der Waals surface area contributed by atoms with E-state index in [0.717, 1.165) is 28.0 Å². The van der Waals surface area contributed by atoms with Crippen molar-refractivity contribution in [1.29, 1.82) is 0 Å². The van der Waals surface area contributed by atoms with Gasteiger partial charge in [0.05, 0.1) is 11.7 Å². The van der Waals surface area contributed by atoms with Gasteiger partial charge in [-0.15, -0.1) is 0 Å². The molecule has 0 aliphatic rings. The Hall–Kier alpha value is -2.04. The van der Waals surface area contributed by atoms with Gasteiger partial charge in [0.1, 0.15) is 11.2 Å². The summed E-state index contributed by atoms with van der Waals surface area (Å²) in [5, 5.41) is 4.21. The Morgan fingerprint density at radius 2 is 2.12 bits per heavy atom. The average molecular weight is 215 g/mol. The quantitative estimate of drug-likeness (QED) is 0.669. The van der Waals surface area contributed by atoms with Crippen LogP contribution in [-0.2, 0) is 14.1 Å². The zero-order valence-corrected chi connectivity index (χ0v) is 9.52. The smallest absolute Gasteiger partial charge is 0.203 e. The summed E-state index contributed by atoms with van der Waals surface area (Å²) in [6.07, 6.45) is 3.83. The predicted molar refractivity (Wildman–Crippen MR) is 64.5 cm³/mol. The number of nitrogens with one attached hydrogen (secondary N) is 1. The number of imidazole rings is 1. The second-order valence-corrected chi connectivity index (χ2v) is 3.90. The van der Waals surface area contributed by atoms with Crippen molar-refractivity contribution in [1.82, 2.24) is 19.1 Å². The summed E-state index contributed by atoms with van der Waals surface area (Å²) in [4.78, 5) is 8.89. The van der Waals surface area contributed by atoms with E-state index in [1.165, 1.54) is 0 Å². The van der Waals surface area contributed by atoms with Crippen molar-refractivity contribution < 1.29 is 0 Å². The highest BCUT2D eigenvalue weighted by molar-refractivity contribution is 6.02. The van der Waals surface area contributed by atoms with Gasteiger partial charge in [-0.25, -0.2) is 9.97 Å². The van der Waals surface area contributed by atoms with E-state index in [4.69, 9.17) is 0 Å². The van der Waals surface area contributed by atoms with Crippen LogP contribution in [0.25, 0.3) is 22.1 Å². The minimum Gasteiger partial charge on any atom is -0.359 e. The van der Waals surface area contributed by atoms with E-state index in [2.05, 4.69) is 25.9 Å². The van der Waals surface area contributed by atoms with E-state index >= 15 is 0 Å². The van der Waals surface area contributed by atoms with E-state index in [-0.39, 0.29) is 0 Å². The van der Waals surface area contributed by atoms with Crippen LogP contribution in [0.2, 0.25) is 0 Å². The van der Waals surface area contributed by atoms with Crippen molar-refractivity contribution in [2.45, 2.75) is 0 Å². The summed E-state index contributed by atoms with van der Waals surface area (Å²) in [6, 6.07) is 2.08. The van der Waals surface area contributed by atoms with Gasteiger partial charge in [0.15, 0.2) is 0 Å². The minimum atomic E-state index is 0.855. The highest BCUT2D eigenvalue weighted by Gasteiger charge is 2.11. The zero-order valence-electron chi connectivity index (χ0n) is 9.52. The minimum absolute atomic E-state index is 0.855. The van der Waals surface area contributed by atoms with E-state index in [0.29, 0.717) is 0 Å². The Morgan fingerprint density at radius 1 is 1.31 bits per heavy atom. The molecule has 0 radical (unpaired) electrons. The van der Waals surface area contributed by atoms with Crippen molar-refractivity contribution in [2.24, 2.45) is 14.1 Å². The Labute approximate surface area is 92.7 Å². The topological polar surface area (TPSA) is 47.7 Å². The van der Waals surface area contributed by atoms with Crippen LogP contribution in [0.15, 0.2) is 18.5 Å². The zero-order chi connectivity index (χ0) is 11.3. The van der Waals surface area contributed by atoms with Gasteiger partial charge in [0.25, 0.3) is 0 Å². The number of hydrogen-bond acceptors (Lipinski definition) is 3. The maximum atomic E-state index is 4.47. The molecule has 82 valence electrons. The molecule has 5 heteroatoms. The Balaban J connectivity index is 2.54. The molecule has 1 N–H and O–H groups in total. The fourth-order valence-corrected chi connectivity index (χ4v) is 2.14. The van der Waals surface area contributed by atoms with Crippen LogP contribution in [0.5, 0.6) is 0 Å². The second kappa shape index (κ2) is 2.98. The molecule has 3 aromatic rings. The molecule has 0 atom stereocenters. The van der Waals surface area contributed by atoms with Crippen LogP contribution in [0.1, 0.15) is 0 Å². The van der Waals surface area contributed by atoms with Gasteiger partial charge in [-0.05, 0) is 6.07 Å². The molecule has 0 saturated heterocycles. The molecule has 0 fully saturated rings. The monoisotopic (exact) mass is 215 g/mol. The first-order chi connectivity index (χ1) is 7.72. The molecule has 0 saturated carbocycles. The Kier molecular flexibility index (Phi) is 1.71. The van der Waals surface area contributed by atoms with Crippen molar-refractivity contribution >= 4 is 28.0 Å². The molecule has 0 aromatic carbocycles. The lowest BCUT2D eigenvalue weighted by atomic mass is 10.3. The van der Waals surface area contributed by atoms with Gasteiger partial charge in [-0.3, -0.25) is 0 Å². The first-order valence-electron chi connectivity index (χ1n) is 5.16. The second-order valence-electron chi connectivity index (χ2n) is 3.90. The van der Waals surface area contributed by atoms with E-state index in [1.807, 2.05) is 38.1 Å². The maximum absolute atomic E-state index is 4.47. The molecular formula is C11H13N5. The van der Waals surface area contributed by atoms with Gasteiger partial charge in [0.2, 0.25) is 5.95 Å². The molecule has 3 heterocycles. The third-order valence-electron chi connectivity index (χ3n) is 2.95. The van der Waals surface area contributed by atoms with Crippen molar-refractivity contribution in [3.63, 3.8) is 0 Å². The molecule has 16 heavy (non-hydrogen) atoms. The van der Waals surface area contributed by atoms with Gasteiger partial charge in [0, 0.05) is 32.7 Å². The fraction of sp³-hybridized carbons (Fsp3) is 0.273. The summed E-state index contributed by atoms with van der Waals surface area (Å²) in [5.41, 5.74) is 3.03. The van der Waals surface area contributed by atoms with Crippen LogP contribution in [0.3, 0.4) is 0 Å². The van der Waals surface area contributed by atoms with Gasteiger partial charge < -0.3 is 14.5 Å². The van der Waals surface area contributed by atoms with E-state index in [9.17, 15) is 0 Å². The highest BCUT2D eigenvalue weighted by Crippen LogP contribution is 2.25. The number of aryl methyl sites for hydroxylation is 2. The maximum Gasteiger partial charge on any atom is 0.203 e. The Morgan fingerprint density at radius 3 is 2.88 bits per heavy atom. The SMILES string of the molecule is CNc1nc2cnc3c(ccn3C)c2n1C. The summed E-state index contributed by atoms with van der Waals surface area (Å²) in [6.45, 7) is 0. The molecule has 0 amide bonds. The average Bonchev–Trinajstić information content (AvgIpc) is 2.81. The van der Waals surface area contributed by atoms with Crippen LogP contribution < -0.4 is 5.32 Å². The molecule has 0 aliphatic heterocycles. The van der Waals surface area contributed by atoms with E-state index in [1.54, 1.807) is 0 Å². The third-order valence-corrected chi connectivity index (χ3v) is 2.95. The highest BCUT2D eigenvalue weighted by atomic mass is 15.2. The number of nitrogens with zero attached hydrogens (tertiary/aromatic N) is 4. The first kappa shape index (κ1) is 9.21. The summed E-state index contributed by atoms with van der Waals surface area (Å²) in [5.74, 6) is 0.855. The molecule has 0 aliphatic carbocycles. The van der Waals surface area contributed by atoms with Crippen molar-refractivity contribution in [3.8, 4) is 0 Å². The number of pyridine rings is 1. The number of fused-ring (bicyclic) bond motifs is 3. The lowest BCUT2D eigenvalue weighted by Gasteiger charge is -2.01. The van der Waals surface area contributed by atoms with E-state index < -0.39 is 0 Å². The van der Waals surface area contributed by atoms with Crippen LogP contribution in [-0.4, -0.2) is 26.1 Å². The molecular weight excluding hydrogens is 202 g/mol. The molecule has 0 spiro atoms. The molecule has 3 rings (SSSR count). The van der Waals surface area contributed by atoms with Crippen molar-refractivity contribution in [2.75, 3.05) is 12.4 Å². The third kappa shape index (κ3) is 0.997. The van der Waals surface area contributed by atoms with Gasteiger partial charge in [-0.2, -0.15) is 0 Å². The molecule has 3 aromatic heterocycles. The molecule has 5 nitrogen and oxygen atoms in total. The number of rotatable bonds is 1. The summed E-state index contributed by atoms with van der Waals surface area (Å²) in [7, 11) is 5.88. The molecule has 0 unspecified atom stereocenters.